The molecule has 1 N–H and O–H groups in total. The molecule has 8 heteroatoms. The molecule has 2 aromatic heterocycles. The Bertz CT molecular complexity index is 799. The maximum Gasteiger partial charge on any atom is 0.263 e. The van der Waals surface area contributed by atoms with Gasteiger partial charge < -0.3 is 0 Å². The van der Waals surface area contributed by atoms with Gasteiger partial charge in [-0.3, -0.25) is 9.78 Å². The van der Waals surface area contributed by atoms with Crippen LogP contribution in [0.15, 0.2) is 59.8 Å². The molecule has 0 aliphatic carbocycles. The van der Waals surface area contributed by atoms with Gasteiger partial charge in [0, 0.05) is 11.8 Å². The van der Waals surface area contributed by atoms with Crippen molar-refractivity contribution in [3.8, 4) is 11.4 Å². The molecule has 0 saturated carbocycles. The number of carbonyl (C=O) groups is 1. The van der Waals surface area contributed by atoms with Crippen molar-refractivity contribution in [2.24, 2.45) is 5.10 Å². The first kappa shape index (κ1) is 14.5. The third kappa shape index (κ3) is 4.03. The number of amides is 1. The summed E-state index contributed by atoms with van der Waals surface area (Å²) in [4.78, 5) is 17.0. The van der Waals surface area contributed by atoms with Crippen molar-refractivity contribution in [2.45, 2.75) is 6.54 Å². The van der Waals surface area contributed by atoms with Crippen LogP contribution in [-0.4, -0.2) is 37.3 Å². The van der Waals surface area contributed by atoms with Gasteiger partial charge in [0.1, 0.15) is 6.54 Å². The summed E-state index contributed by atoms with van der Waals surface area (Å²) in [5.74, 6) is 0.115. The van der Waals surface area contributed by atoms with E-state index in [0.29, 0.717) is 11.5 Å². The lowest BCUT2D eigenvalue weighted by Gasteiger charge is -1.97. The Morgan fingerprint density at radius 1 is 1.17 bits per heavy atom. The van der Waals surface area contributed by atoms with Gasteiger partial charge in [0.15, 0.2) is 0 Å². The van der Waals surface area contributed by atoms with Crippen molar-refractivity contribution in [2.75, 3.05) is 0 Å². The summed E-state index contributed by atoms with van der Waals surface area (Å²) in [6, 6.07) is 14.8. The summed E-state index contributed by atoms with van der Waals surface area (Å²) in [5.41, 5.74) is 3.88. The van der Waals surface area contributed by atoms with Gasteiger partial charge in [-0.25, -0.2) is 5.43 Å². The van der Waals surface area contributed by atoms with E-state index < -0.39 is 0 Å². The van der Waals surface area contributed by atoms with Gasteiger partial charge in [-0.05, 0) is 17.3 Å². The number of nitrogens with zero attached hydrogens (tertiary/aromatic N) is 6. The van der Waals surface area contributed by atoms with Gasteiger partial charge in [-0.2, -0.15) is 9.90 Å². The lowest BCUT2D eigenvalue weighted by Crippen LogP contribution is -2.24. The summed E-state index contributed by atoms with van der Waals surface area (Å²) in [7, 11) is 0. The molecule has 114 valence electrons. The first-order valence-electron chi connectivity index (χ1n) is 6.87. The lowest BCUT2D eigenvalue weighted by atomic mass is 10.2. The topological polar surface area (TPSA) is 98.0 Å². The van der Waals surface area contributed by atoms with Crippen LogP contribution in [0.4, 0.5) is 0 Å². The van der Waals surface area contributed by atoms with Crippen LogP contribution in [0.2, 0.25) is 0 Å². The van der Waals surface area contributed by atoms with Crippen LogP contribution in [-0.2, 0) is 11.3 Å². The van der Waals surface area contributed by atoms with E-state index >= 15 is 0 Å². The number of pyridine rings is 1. The fraction of sp³-hybridized carbons (Fsp3) is 0.0667. The number of hydrogen-bond acceptors (Lipinski definition) is 6. The van der Waals surface area contributed by atoms with E-state index in [0.717, 1.165) is 5.56 Å². The summed E-state index contributed by atoms with van der Waals surface area (Å²) in [6.45, 7) is -0.0700. The molecular formula is C15H13N7O. The molecule has 0 saturated heterocycles. The number of hydrogen-bond donors (Lipinski definition) is 1. The Kier molecular flexibility index (Phi) is 4.44. The molecule has 8 nitrogen and oxygen atoms in total. The van der Waals surface area contributed by atoms with E-state index in [2.05, 4.69) is 30.9 Å². The fourth-order valence-corrected chi connectivity index (χ4v) is 1.80. The minimum atomic E-state index is -0.353. The predicted molar refractivity (Wildman–Crippen MR) is 83.2 cm³/mol. The minimum absolute atomic E-state index is 0.0700. The molecule has 2 heterocycles. The molecule has 0 aliphatic rings. The van der Waals surface area contributed by atoms with E-state index in [-0.39, 0.29) is 12.5 Å². The van der Waals surface area contributed by atoms with Gasteiger partial charge in [-0.1, -0.05) is 36.4 Å². The average Bonchev–Trinajstić information content (AvgIpc) is 3.05. The smallest absolute Gasteiger partial charge is 0.263 e. The highest BCUT2D eigenvalue weighted by Crippen LogP contribution is 2.11. The van der Waals surface area contributed by atoms with Crippen LogP contribution in [0.3, 0.4) is 0 Å². The van der Waals surface area contributed by atoms with E-state index in [1.807, 2.05) is 36.4 Å². The summed E-state index contributed by atoms with van der Waals surface area (Å²) >= 11 is 0. The second-order valence-corrected chi connectivity index (χ2v) is 4.56. The summed E-state index contributed by atoms with van der Waals surface area (Å²) in [6.07, 6.45) is 3.11. The molecule has 3 rings (SSSR count). The van der Waals surface area contributed by atoms with Crippen molar-refractivity contribution in [3.05, 3.63) is 60.4 Å². The maximum atomic E-state index is 11.8. The first-order valence-corrected chi connectivity index (χ1v) is 6.87. The third-order valence-electron chi connectivity index (χ3n) is 2.84. The Morgan fingerprint density at radius 3 is 2.78 bits per heavy atom. The Labute approximate surface area is 131 Å². The standard InChI is InChI=1S/C15H13N7O/c23-14(18-17-10-13-8-4-5-9-16-13)11-22-20-15(19-21-22)12-6-2-1-3-7-12/h1-10H,11H2,(H,18,23). The van der Waals surface area contributed by atoms with Crippen LogP contribution < -0.4 is 5.43 Å². The van der Waals surface area contributed by atoms with Crippen LogP contribution >= 0.6 is 0 Å². The minimum Gasteiger partial charge on any atom is -0.271 e. The molecule has 23 heavy (non-hydrogen) atoms. The molecule has 0 bridgehead atoms. The molecule has 0 spiro atoms. The number of benzene rings is 1. The Morgan fingerprint density at radius 2 is 2.00 bits per heavy atom. The highest BCUT2D eigenvalue weighted by molar-refractivity contribution is 5.80. The lowest BCUT2D eigenvalue weighted by molar-refractivity contribution is -0.122. The SMILES string of the molecule is O=C(Cn1nnc(-c2ccccc2)n1)NN=Cc1ccccn1. The van der Waals surface area contributed by atoms with Gasteiger partial charge in [0.2, 0.25) is 5.82 Å². The quantitative estimate of drug-likeness (QED) is 0.557. The van der Waals surface area contributed by atoms with Gasteiger partial charge in [0.25, 0.3) is 5.91 Å². The van der Waals surface area contributed by atoms with Crippen LogP contribution in [0.5, 0.6) is 0 Å². The molecule has 0 fully saturated rings. The zero-order chi connectivity index (χ0) is 15.9. The number of rotatable bonds is 5. The van der Waals surface area contributed by atoms with E-state index in [9.17, 15) is 4.79 Å². The first-order chi connectivity index (χ1) is 11.3. The van der Waals surface area contributed by atoms with Crippen LogP contribution in [0.25, 0.3) is 11.4 Å². The number of hydrazone groups is 1. The highest BCUT2D eigenvalue weighted by atomic mass is 16.2. The summed E-state index contributed by atoms with van der Waals surface area (Å²) < 4.78 is 0. The highest BCUT2D eigenvalue weighted by Gasteiger charge is 2.08. The Hall–Kier alpha value is -3.42. The zero-order valence-electron chi connectivity index (χ0n) is 12.1. The number of nitrogens with one attached hydrogen (secondary N) is 1. The normalized spacial score (nSPS) is 10.8. The largest absolute Gasteiger partial charge is 0.271 e. The third-order valence-corrected chi connectivity index (χ3v) is 2.84. The number of aromatic nitrogens is 5. The van der Waals surface area contributed by atoms with Crippen LogP contribution in [0, 0.1) is 0 Å². The van der Waals surface area contributed by atoms with Crippen molar-refractivity contribution in [1.82, 2.24) is 30.6 Å². The van der Waals surface area contributed by atoms with Gasteiger partial charge >= 0.3 is 0 Å². The van der Waals surface area contributed by atoms with Gasteiger partial charge in [0.05, 0.1) is 11.9 Å². The van der Waals surface area contributed by atoms with Crippen molar-refractivity contribution < 1.29 is 4.79 Å². The fourth-order valence-electron chi connectivity index (χ4n) is 1.80. The molecule has 1 aromatic carbocycles. The second-order valence-electron chi connectivity index (χ2n) is 4.56. The van der Waals surface area contributed by atoms with Crippen molar-refractivity contribution in [3.63, 3.8) is 0 Å². The monoisotopic (exact) mass is 307 g/mol. The second kappa shape index (κ2) is 7.03. The molecule has 1 amide bonds. The van der Waals surface area contributed by atoms with E-state index in [4.69, 9.17) is 0 Å². The van der Waals surface area contributed by atoms with E-state index in [1.54, 1.807) is 18.3 Å². The van der Waals surface area contributed by atoms with E-state index in [1.165, 1.54) is 11.0 Å². The zero-order valence-corrected chi connectivity index (χ0v) is 12.1. The summed E-state index contributed by atoms with van der Waals surface area (Å²) in [5, 5.41) is 15.8. The maximum absolute atomic E-state index is 11.8. The molecule has 0 aliphatic heterocycles. The predicted octanol–water partition coefficient (Wildman–Crippen LogP) is 0.885. The van der Waals surface area contributed by atoms with Gasteiger partial charge in [-0.15, -0.1) is 10.2 Å². The molecule has 3 aromatic rings. The Balaban J connectivity index is 1.56. The number of tetrazole rings is 1. The molecule has 0 atom stereocenters. The van der Waals surface area contributed by atoms with Crippen molar-refractivity contribution in [1.29, 1.82) is 0 Å². The molecule has 0 radical (unpaired) electrons. The molecular weight excluding hydrogens is 294 g/mol. The average molecular weight is 307 g/mol. The van der Waals surface area contributed by atoms with Crippen molar-refractivity contribution >= 4 is 12.1 Å². The molecule has 0 unspecified atom stereocenters. The number of carbonyl (C=O) groups excluding carboxylic acids is 1. The van der Waals surface area contributed by atoms with Crippen LogP contribution in [0.1, 0.15) is 5.69 Å².